The second-order valence-electron chi connectivity index (χ2n) is 6.43. The fourth-order valence-electron chi connectivity index (χ4n) is 3.04. The van der Waals surface area contributed by atoms with Gasteiger partial charge in [-0.2, -0.15) is 18.3 Å². The number of carbonyl (C=O) groups is 4. The third-order valence-corrected chi connectivity index (χ3v) is 5.73. The maximum atomic E-state index is 12.9. The summed E-state index contributed by atoms with van der Waals surface area (Å²) in [5, 5.41) is 14.5. The Morgan fingerprint density at radius 2 is 2.07 bits per heavy atom. The zero-order valence-corrected chi connectivity index (χ0v) is 16.3. The van der Waals surface area contributed by atoms with Crippen LogP contribution in [0.5, 0.6) is 0 Å². The summed E-state index contributed by atoms with van der Waals surface area (Å²) in [5.74, 6) is -3.64. The minimum absolute atomic E-state index is 0.123. The molecule has 162 valence electrons. The van der Waals surface area contributed by atoms with Gasteiger partial charge < -0.3 is 15.2 Å². The number of β-lactam (4-membered cyclic amide) rings is 1. The second-order valence-corrected chi connectivity index (χ2v) is 7.54. The van der Waals surface area contributed by atoms with Crippen molar-refractivity contribution in [3.8, 4) is 0 Å². The molecule has 0 unspecified atom stereocenters. The molecule has 0 bridgehead atoms. The van der Waals surface area contributed by atoms with Gasteiger partial charge in [-0.15, -0.1) is 11.8 Å². The van der Waals surface area contributed by atoms with Gasteiger partial charge in [-0.25, -0.2) is 4.79 Å². The first-order valence-corrected chi connectivity index (χ1v) is 9.42. The molecule has 3 heterocycles. The van der Waals surface area contributed by atoms with Gasteiger partial charge in [-0.05, 0) is 0 Å². The van der Waals surface area contributed by atoms with E-state index in [1.54, 1.807) is 0 Å². The summed E-state index contributed by atoms with van der Waals surface area (Å²) >= 11 is 1.13. The molecule has 0 saturated carbocycles. The van der Waals surface area contributed by atoms with Crippen molar-refractivity contribution in [1.82, 2.24) is 20.0 Å². The Morgan fingerprint density at radius 1 is 1.40 bits per heavy atom. The van der Waals surface area contributed by atoms with E-state index < -0.39 is 52.7 Å². The lowest BCUT2D eigenvalue weighted by Gasteiger charge is -2.49. The number of rotatable bonds is 5. The predicted molar refractivity (Wildman–Crippen MR) is 93.9 cm³/mol. The number of esters is 1. The molecule has 1 fully saturated rings. The highest BCUT2D eigenvalue weighted by molar-refractivity contribution is 8.00. The number of carbonyl (C=O) groups excluding carboxylic acids is 3. The number of aromatic nitrogens is 2. The zero-order chi connectivity index (χ0) is 22.4. The Morgan fingerprint density at radius 3 is 2.60 bits per heavy atom. The monoisotopic (exact) mass is 448 g/mol. The van der Waals surface area contributed by atoms with E-state index in [0.29, 0.717) is 10.7 Å². The van der Waals surface area contributed by atoms with Crippen molar-refractivity contribution >= 4 is 35.5 Å². The number of nitrogens with zero attached hydrogens (tertiary/aromatic N) is 3. The van der Waals surface area contributed by atoms with Crippen molar-refractivity contribution in [2.24, 2.45) is 7.05 Å². The number of hydrogen-bond donors (Lipinski definition) is 2. The molecular formula is C16H15F3N4O6S. The van der Waals surface area contributed by atoms with Gasteiger partial charge in [0.2, 0.25) is 0 Å². The van der Waals surface area contributed by atoms with Crippen LogP contribution in [-0.4, -0.2) is 67.3 Å². The van der Waals surface area contributed by atoms with Crippen LogP contribution in [0.2, 0.25) is 0 Å². The molecule has 2 atom stereocenters. The number of thioether (sulfide) groups is 1. The molecule has 1 saturated heterocycles. The average molecular weight is 448 g/mol. The van der Waals surface area contributed by atoms with Crippen molar-refractivity contribution in [2.75, 3.05) is 12.4 Å². The van der Waals surface area contributed by atoms with Crippen LogP contribution in [0.3, 0.4) is 0 Å². The molecule has 14 heteroatoms. The second kappa shape index (κ2) is 7.66. The van der Waals surface area contributed by atoms with Gasteiger partial charge in [0, 0.05) is 31.4 Å². The Balaban J connectivity index is 1.76. The molecule has 2 aliphatic heterocycles. The number of halogens is 3. The number of aryl methyl sites for hydroxylation is 1. The molecule has 0 aromatic carbocycles. The van der Waals surface area contributed by atoms with Gasteiger partial charge >= 0.3 is 18.1 Å². The molecule has 0 spiro atoms. The van der Waals surface area contributed by atoms with E-state index in [1.807, 2.05) is 0 Å². The van der Waals surface area contributed by atoms with Crippen molar-refractivity contribution in [2.45, 2.75) is 24.5 Å². The number of carboxylic acids is 1. The summed E-state index contributed by atoms with van der Waals surface area (Å²) < 4.78 is 43.9. The molecule has 3 rings (SSSR count). The van der Waals surface area contributed by atoms with Crippen molar-refractivity contribution < 1.29 is 42.2 Å². The molecule has 0 aliphatic carbocycles. The number of aliphatic carboxylic acids is 1. The molecule has 2 aliphatic rings. The summed E-state index contributed by atoms with van der Waals surface area (Å²) in [6.07, 6.45) is -4.71. The molecule has 2 amide bonds. The smallest absolute Gasteiger partial charge is 0.433 e. The Labute approximate surface area is 171 Å². The summed E-state index contributed by atoms with van der Waals surface area (Å²) in [5.41, 5.74) is -1.78. The van der Waals surface area contributed by atoms with Crippen LogP contribution < -0.4 is 5.32 Å². The number of alkyl halides is 3. The lowest BCUT2D eigenvalue weighted by atomic mass is 10.0. The normalized spacial score (nSPS) is 21.1. The molecule has 0 radical (unpaired) electrons. The first kappa shape index (κ1) is 21.7. The highest BCUT2D eigenvalue weighted by atomic mass is 32.2. The third-order valence-electron chi connectivity index (χ3n) is 4.39. The molecule has 2 N–H and O–H groups in total. The topological polar surface area (TPSA) is 131 Å². The van der Waals surface area contributed by atoms with Crippen LogP contribution in [0.1, 0.15) is 23.1 Å². The van der Waals surface area contributed by atoms with Gasteiger partial charge in [-0.3, -0.25) is 24.0 Å². The van der Waals surface area contributed by atoms with Gasteiger partial charge in [0.25, 0.3) is 11.8 Å². The molecule has 1 aromatic rings. The van der Waals surface area contributed by atoms with Crippen LogP contribution in [-0.2, 0) is 32.3 Å². The Hall–Kier alpha value is -3.03. The van der Waals surface area contributed by atoms with Crippen molar-refractivity contribution in [1.29, 1.82) is 0 Å². The van der Waals surface area contributed by atoms with Crippen LogP contribution in [0, 0.1) is 0 Å². The van der Waals surface area contributed by atoms with E-state index in [1.165, 1.54) is 0 Å². The van der Waals surface area contributed by atoms with Gasteiger partial charge in [-0.1, -0.05) is 0 Å². The predicted octanol–water partition coefficient (Wildman–Crippen LogP) is 0.354. The zero-order valence-electron chi connectivity index (χ0n) is 15.5. The van der Waals surface area contributed by atoms with E-state index >= 15 is 0 Å². The van der Waals surface area contributed by atoms with E-state index in [9.17, 15) is 37.5 Å². The fourth-order valence-corrected chi connectivity index (χ4v) is 4.37. The summed E-state index contributed by atoms with van der Waals surface area (Å²) in [4.78, 5) is 48.3. The number of carboxylic acid groups (broad SMARTS) is 1. The maximum Gasteiger partial charge on any atom is 0.433 e. The first-order valence-electron chi connectivity index (χ1n) is 8.37. The van der Waals surface area contributed by atoms with E-state index in [4.69, 9.17) is 4.74 Å². The van der Waals surface area contributed by atoms with E-state index in [-0.39, 0.29) is 23.6 Å². The summed E-state index contributed by atoms with van der Waals surface area (Å²) in [6.45, 7) is 0.855. The number of hydrogen-bond acceptors (Lipinski definition) is 7. The van der Waals surface area contributed by atoms with Gasteiger partial charge in [0.1, 0.15) is 29.4 Å². The number of fused-ring (bicyclic) bond motifs is 1. The minimum atomic E-state index is -4.71. The SMILES string of the molecule is CC(=O)OCC1=C(C(=O)O)N2C(=O)[C@@H](NC(=O)c3cc(C(F)(F)F)n(C)n3)[C@@H]2SC1. The molecule has 10 nitrogen and oxygen atoms in total. The Kier molecular flexibility index (Phi) is 5.54. The summed E-state index contributed by atoms with van der Waals surface area (Å²) in [7, 11) is 1.03. The standard InChI is InChI=1S/C16H15F3N4O6S/c1-6(24)29-4-7-5-30-14-10(13(26)23(14)11(7)15(27)28)20-12(25)8-3-9(16(17,18)19)22(2)21-8/h3,10,14H,4-5H2,1-2H3,(H,20,25)(H,27,28)/t10-,14+/m1/s1. The van der Waals surface area contributed by atoms with Crippen LogP contribution in [0.15, 0.2) is 17.3 Å². The molecular weight excluding hydrogens is 433 g/mol. The van der Waals surface area contributed by atoms with Crippen LogP contribution in [0.25, 0.3) is 0 Å². The van der Waals surface area contributed by atoms with Gasteiger partial charge in [0.15, 0.2) is 5.69 Å². The number of nitrogens with one attached hydrogen (secondary N) is 1. The third kappa shape index (κ3) is 3.86. The lowest BCUT2D eigenvalue weighted by Crippen LogP contribution is -2.70. The molecule has 30 heavy (non-hydrogen) atoms. The van der Waals surface area contributed by atoms with Gasteiger partial charge in [0.05, 0.1) is 0 Å². The fraction of sp³-hybridized carbons (Fsp3) is 0.438. The average Bonchev–Trinajstić information content (AvgIpc) is 3.05. The van der Waals surface area contributed by atoms with E-state index in [0.717, 1.165) is 30.6 Å². The lowest BCUT2D eigenvalue weighted by molar-refractivity contribution is -0.149. The highest BCUT2D eigenvalue weighted by Gasteiger charge is 2.54. The largest absolute Gasteiger partial charge is 0.477 e. The van der Waals surface area contributed by atoms with Crippen LogP contribution >= 0.6 is 11.8 Å². The summed E-state index contributed by atoms with van der Waals surface area (Å²) in [6, 6.07) is -0.576. The highest BCUT2D eigenvalue weighted by Crippen LogP contribution is 2.40. The maximum absolute atomic E-state index is 12.9. The van der Waals surface area contributed by atoms with E-state index in [2.05, 4.69) is 10.4 Å². The molecule has 1 aromatic heterocycles. The Bertz CT molecular complexity index is 973. The van der Waals surface area contributed by atoms with Crippen molar-refractivity contribution in [3.05, 3.63) is 28.7 Å². The van der Waals surface area contributed by atoms with Crippen molar-refractivity contribution in [3.63, 3.8) is 0 Å². The number of amides is 2. The minimum Gasteiger partial charge on any atom is -0.477 e. The quantitative estimate of drug-likeness (QED) is 0.488. The van der Waals surface area contributed by atoms with Crippen LogP contribution in [0.4, 0.5) is 13.2 Å². The number of ether oxygens (including phenoxy) is 1. The first-order chi connectivity index (χ1) is 13.9.